The van der Waals surface area contributed by atoms with Gasteiger partial charge in [-0.2, -0.15) is 0 Å². The molecule has 72 valence electrons. The summed E-state index contributed by atoms with van der Waals surface area (Å²) in [6.07, 6.45) is 0. The van der Waals surface area contributed by atoms with Crippen molar-refractivity contribution in [1.29, 1.82) is 0 Å². The summed E-state index contributed by atoms with van der Waals surface area (Å²) >= 11 is 0. The van der Waals surface area contributed by atoms with Crippen molar-refractivity contribution < 1.29 is 14.3 Å². The van der Waals surface area contributed by atoms with Crippen LogP contribution in [-0.2, 0) is 14.3 Å². The number of methoxy groups -OCH3 is 2. The summed E-state index contributed by atoms with van der Waals surface area (Å²) in [5, 5.41) is 0. The van der Waals surface area contributed by atoms with Gasteiger partial charge >= 0.3 is 5.97 Å². The fraction of sp³-hybridized carbons (Fsp3) is 0.889. The summed E-state index contributed by atoms with van der Waals surface area (Å²) < 4.78 is 9.63. The summed E-state index contributed by atoms with van der Waals surface area (Å²) in [6.45, 7) is 6.39. The molecule has 0 aromatic rings. The van der Waals surface area contributed by atoms with Crippen LogP contribution in [0.25, 0.3) is 0 Å². The third-order valence-electron chi connectivity index (χ3n) is 1.86. The fourth-order valence-corrected chi connectivity index (χ4v) is 0.981. The van der Waals surface area contributed by atoms with Crippen molar-refractivity contribution >= 4 is 5.97 Å². The first-order valence-electron chi connectivity index (χ1n) is 4.00. The topological polar surface area (TPSA) is 35.5 Å². The molecule has 0 amide bonds. The van der Waals surface area contributed by atoms with Gasteiger partial charge in [0.2, 0.25) is 0 Å². The highest BCUT2D eigenvalue weighted by molar-refractivity contribution is 5.73. The summed E-state index contributed by atoms with van der Waals surface area (Å²) in [7, 11) is 2.98. The molecule has 0 aliphatic heterocycles. The van der Waals surface area contributed by atoms with Gasteiger partial charge in [-0.25, -0.2) is 0 Å². The second kappa shape index (κ2) is 4.45. The van der Waals surface area contributed by atoms with Crippen molar-refractivity contribution in [2.45, 2.75) is 20.8 Å². The van der Waals surface area contributed by atoms with Crippen LogP contribution in [0.1, 0.15) is 20.8 Å². The van der Waals surface area contributed by atoms with Crippen LogP contribution in [0, 0.1) is 11.3 Å². The van der Waals surface area contributed by atoms with Crippen molar-refractivity contribution in [3.05, 3.63) is 0 Å². The van der Waals surface area contributed by atoms with Crippen LogP contribution in [0.3, 0.4) is 0 Å². The lowest BCUT2D eigenvalue weighted by molar-refractivity contribution is -0.151. The van der Waals surface area contributed by atoms with Gasteiger partial charge in [0, 0.05) is 7.11 Å². The first kappa shape index (κ1) is 11.4. The molecule has 0 aromatic heterocycles. The highest BCUT2D eigenvalue weighted by atomic mass is 16.5. The molecule has 0 radical (unpaired) electrons. The Hall–Kier alpha value is -0.570. The molecule has 0 N–H and O–H groups in total. The van der Waals surface area contributed by atoms with Crippen molar-refractivity contribution in [1.82, 2.24) is 0 Å². The van der Waals surface area contributed by atoms with E-state index in [0.29, 0.717) is 6.61 Å². The zero-order valence-corrected chi connectivity index (χ0v) is 8.51. The minimum Gasteiger partial charge on any atom is -0.469 e. The molecular weight excluding hydrogens is 156 g/mol. The molecule has 0 aliphatic rings. The minimum atomic E-state index is -0.204. The number of hydrogen-bond donors (Lipinski definition) is 0. The van der Waals surface area contributed by atoms with E-state index in [-0.39, 0.29) is 17.3 Å². The van der Waals surface area contributed by atoms with Crippen LogP contribution in [0.15, 0.2) is 0 Å². The maximum absolute atomic E-state index is 11.2. The third kappa shape index (κ3) is 3.22. The van der Waals surface area contributed by atoms with E-state index in [1.165, 1.54) is 7.11 Å². The number of esters is 1. The lowest BCUT2D eigenvalue weighted by atomic mass is 9.81. The van der Waals surface area contributed by atoms with Crippen LogP contribution >= 0.6 is 0 Å². The smallest absolute Gasteiger partial charge is 0.311 e. The fourth-order valence-electron chi connectivity index (χ4n) is 0.981. The lowest BCUT2D eigenvalue weighted by Gasteiger charge is -2.27. The highest BCUT2D eigenvalue weighted by Crippen LogP contribution is 2.26. The first-order valence-corrected chi connectivity index (χ1v) is 4.00. The summed E-state index contributed by atoms with van der Waals surface area (Å²) in [5.74, 6) is -0.392. The Bertz CT molecular complexity index is 146. The number of carbonyl (C=O) groups is 1. The van der Waals surface area contributed by atoms with Crippen LogP contribution < -0.4 is 0 Å². The van der Waals surface area contributed by atoms with Gasteiger partial charge < -0.3 is 9.47 Å². The van der Waals surface area contributed by atoms with E-state index in [0.717, 1.165) is 0 Å². The second-order valence-electron chi connectivity index (χ2n) is 3.90. The third-order valence-corrected chi connectivity index (χ3v) is 1.86. The van der Waals surface area contributed by atoms with E-state index in [1.54, 1.807) is 7.11 Å². The van der Waals surface area contributed by atoms with E-state index in [4.69, 9.17) is 4.74 Å². The van der Waals surface area contributed by atoms with Gasteiger partial charge in [-0.3, -0.25) is 4.79 Å². The molecule has 1 atom stereocenters. The monoisotopic (exact) mass is 174 g/mol. The molecule has 0 rings (SSSR count). The number of rotatable bonds is 3. The predicted octanol–water partition coefficient (Wildman–Crippen LogP) is 1.47. The molecule has 0 saturated carbocycles. The van der Waals surface area contributed by atoms with E-state index in [1.807, 2.05) is 20.8 Å². The zero-order chi connectivity index (χ0) is 9.78. The van der Waals surface area contributed by atoms with Crippen molar-refractivity contribution in [3.63, 3.8) is 0 Å². The van der Waals surface area contributed by atoms with Gasteiger partial charge in [-0.1, -0.05) is 20.8 Å². The van der Waals surface area contributed by atoms with Gasteiger partial charge in [-0.05, 0) is 5.41 Å². The Labute approximate surface area is 74.0 Å². The number of carbonyl (C=O) groups excluding carboxylic acids is 1. The molecule has 0 spiro atoms. The molecule has 12 heavy (non-hydrogen) atoms. The molecule has 0 aliphatic carbocycles. The van der Waals surface area contributed by atoms with Crippen LogP contribution in [0.5, 0.6) is 0 Å². The summed E-state index contributed by atoms with van der Waals surface area (Å²) in [5.41, 5.74) is -0.108. The highest BCUT2D eigenvalue weighted by Gasteiger charge is 2.31. The molecule has 3 heteroatoms. The van der Waals surface area contributed by atoms with Crippen molar-refractivity contribution in [3.8, 4) is 0 Å². The van der Waals surface area contributed by atoms with Gasteiger partial charge in [0.25, 0.3) is 0 Å². The van der Waals surface area contributed by atoms with Gasteiger partial charge in [0.05, 0.1) is 19.6 Å². The first-order chi connectivity index (χ1) is 5.43. The zero-order valence-electron chi connectivity index (χ0n) is 8.51. The molecule has 0 aromatic carbocycles. The SMILES string of the molecule is COCC(C(=O)OC)C(C)(C)C. The average Bonchev–Trinajstić information content (AvgIpc) is 1.96. The van der Waals surface area contributed by atoms with E-state index < -0.39 is 0 Å². The molecule has 1 unspecified atom stereocenters. The van der Waals surface area contributed by atoms with Crippen molar-refractivity contribution in [2.24, 2.45) is 11.3 Å². The Kier molecular flexibility index (Phi) is 4.24. The number of hydrogen-bond acceptors (Lipinski definition) is 3. The predicted molar refractivity (Wildman–Crippen MR) is 46.8 cm³/mol. The van der Waals surface area contributed by atoms with E-state index >= 15 is 0 Å². The second-order valence-corrected chi connectivity index (χ2v) is 3.90. The molecule has 0 fully saturated rings. The maximum Gasteiger partial charge on any atom is 0.311 e. The Balaban J connectivity index is 4.33. The van der Waals surface area contributed by atoms with E-state index in [2.05, 4.69) is 4.74 Å². The molecule has 0 bridgehead atoms. The minimum absolute atomic E-state index is 0.108. The standard InChI is InChI=1S/C9H18O3/c1-9(2,3)7(6-11-4)8(10)12-5/h7H,6H2,1-5H3. The van der Waals surface area contributed by atoms with Crippen LogP contribution in [0.2, 0.25) is 0 Å². The average molecular weight is 174 g/mol. The Morgan fingerprint density at radius 1 is 1.33 bits per heavy atom. The van der Waals surface area contributed by atoms with Crippen LogP contribution in [-0.4, -0.2) is 26.8 Å². The normalized spacial score (nSPS) is 14.1. The van der Waals surface area contributed by atoms with Gasteiger partial charge in [0.1, 0.15) is 0 Å². The number of ether oxygens (including phenoxy) is 2. The maximum atomic E-state index is 11.2. The van der Waals surface area contributed by atoms with Crippen LogP contribution in [0.4, 0.5) is 0 Å². The van der Waals surface area contributed by atoms with Crippen molar-refractivity contribution in [2.75, 3.05) is 20.8 Å². The summed E-state index contributed by atoms with van der Waals surface area (Å²) in [4.78, 5) is 11.2. The molecule has 0 heterocycles. The van der Waals surface area contributed by atoms with E-state index in [9.17, 15) is 4.79 Å². The Morgan fingerprint density at radius 2 is 1.83 bits per heavy atom. The van der Waals surface area contributed by atoms with Gasteiger partial charge in [-0.15, -0.1) is 0 Å². The molecule has 0 saturated heterocycles. The van der Waals surface area contributed by atoms with Gasteiger partial charge in [0.15, 0.2) is 0 Å². The quantitative estimate of drug-likeness (QED) is 0.608. The molecular formula is C9H18O3. The summed E-state index contributed by atoms with van der Waals surface area (Å²) in [6, 6.07) is 0. The largest absolute Gasteiger partial charge is 0.469 e. The Morgan fingerprint density at radius 3 is 2.08 bits per heavy atom. The lowest BCUT2D eigenvalue weighted by Crippen LogP contribution is -2.33. The molecule has 3 nitrogen and oxygen atoms in total.